The molecule has 0 atom stereocenters. The third kappa shape index (κ3) is 3.77. The Morgan fingerprint density at radius 2 is 2.00 bits per heavy atom. The van der Waals surface area contributed by atoms with Crippen LogP contribution in [0.2, 0.25) is 10.0 Å². The van der Waals surface area contributed by atoms with Gasteiger partial charge >= 0.3 is 0 Å². The predicted molar refractivity (Wildman–Crippen MR) is 61.0 cm³/mol. The molecule has 0 aliphatic carbocycles. The van der Waals surface area contributed by atoms with Crippen molar-refractivity contribution >= 4 is 35.1 Å². The maximum atomic E-state index is 11.2. The second-order valence-corrected chi connectivity index (χ2v) is 3.69. The van der Waals surface area contributed by atoms with Crippen molar-refractivity contribution in [1.29, 1.82) is 0 Å². The normalized spacial score (nSPS) is 9.73. The van der Waals surface area contributed by atoms with E-state index < -0.39 is 5.91 Å². The van der Waals surface area contributed by atoms with Gasteiger partial charge in [0.1, 0.15) is 0 Å². The molecular formula is C9H9Cl2N3O. The molecule has 0 spiro atoms. The number of guanidine groups is 1. The molecule has 0 aromatic heterocycles. The molecule has 4 N–H and O–H groups in total. The van der Waals surface area contributed by atoms with Crippen molar-refractivity contribution in [2.24, 2.45) is 16.5 Å². The number of halogens is 2. The topological polar surface area (TPSA) is 81.5 Å². The van der Waals surface area contributed by atoms with Gasteiger partial charge in [-0.15, -0.1) is 0 Å². The number of carbonyl (C=O) groups is 1. The molecule has 0 saturated carbocycles. The Morgan fingerprint density at radius 1 is 1.33 bits per heavy atom. The summed E-state index contributed by atoms with van der Waals surface area (Å²) in [4.78, 5) is 14.6. The van der Waals surface area contributed by atoms with Crippen LogP contribution in [0, 0.1) is 0 Å². The van der Waals surface area contributed by atoms with Crippen molar-refractivity contribution in [3.05, 3.63) is 33.8 Å². The lowest BCUT2D eigenvalue weighted by molar-refractivity contribution is -0.117. The van der Waals surface area contributed by atoms with Crippen molar-refractivity contribution in [2.75, 3.05) is 0 Å². The molecular weight excluding hydrogens is 237 g/mol. The van der Waals surface area contributed by atoms with Gasteiger partial charge in [-0.1, -0.05) is 29.3 Å². The third-order valence-electron chi connectivity index (χ3n) is 1.61. The van der Waals surface area contributed by atoms with Gasteiger partial charge < -0.3 is 11.5 Å². The molecule has 1 aromatic rings. The second-order valence-electron chi connectivity index (χ2n) is 2.84. The monoisotopic (exact) mass is 245 g/mol. The zero-order chi connectivity index (χ0) is 11.4. The largest absolute Gasteiger partial charge is 0.370 e. The highest BCUT2D eigenvalue weighted by atomic mass is 35.5. The van der Waals surface area contributed by atoms with Gasteiger partial charge in [-0.2, -0.15) is 4.99 Å². The maximum Gasteiger partial charge on any atom is 0.253 e. The summed E-state index contributed by atoms with van der Waals surface area (Å²) < 4.78 is 0. The zero-order valence-corrected chi connectivity index (χ0v) is 9.22. The molecule has 80 valence electrons. The van der Waals surface area contributed by atoms with E-state index in [-0.39, 0.29) is 12.4 Å². The average molecular weight is 246 g/mol. The van der Waals surface area contributed by atoms with Crippen LogP contribution in [0.4, 0.5) is 0 Å². The molecule has 1 amide bonds. The van der Waals surface area contributed by atoms with E-state index in [1.165, 1.54) is 0 Å². The minimum atomic E-state index is -0.445. The lowest BCUT2D eigenvalue weighted by Gasteiger charge is -2.01. The molecule has 15 heavy (non-hydrogen) atoms. The van der Waals surface area contributed by atoms with Gasteiger partial charge in [0, 0.05) is 10.0 Å². The van der Waals surface area contributed by atoms with Gasteiger partial charge in [0.05, 0.1) is 6.42 Å². The summed E-state index contributed by atoms with van der Waals surface area (Å²) in [5.74, 6) is -0.704. The van der Waals surface area contributed by atoms with E-state index in [9.17, 15) is 4.79 Å². The highest BCUT2D eigenvalue weighted by molar-refractivity contribution is 6.35. The number of nitrogens with zero attached hydrogens (tertiary/aromatic N) is 1. The Hall–Kier alpha value is -1.26. The highest BCUT2D eigenvalue weighted by Crippen LogP contribution is 2.21. The summed E-state index contributed by atoms with van der Waals surface area (Å²) in [6, 6.07) is 4.86. The van der Waals surface area contributed by atoms with E-state index >= 15 is 0 Å². The number of rotatable bonds is 2. The van der Waals surface area contributed by atoms with Crippen LogP contribution in [0.25, 0.3) is 0 Å². The number of amides is 1. The Kier molecular flexibility index (Phi) is 3.94. The van der Waals surface area contributed by atoms with Gasteiger partial charge in [0.2, 0.25) is 0 Å². The highest BCUT2D eigenvalue weighted by Gasteiger charge is 2.06. The number of carbonyl (C=O) groups excluding carboxylic acids is 1. The van der Waals surface area contributed by atoms with E-state index in [2.05, 4.69) is 4.99 Å². The fourth-order valence-electron chi connectivity index (χ4n) is 1.01. The number of benzene rings is 1. The van der Waals surface area contributed by atoms with Gasteiger partial charge in [-0.25, -0.2) is 0 Å². The quantitative estimate of drug-likeness (QED) is 0.610. The molecule has 0 aliphatic rings. The third-order valence-corrected chi connectivity index (χ3v) is 2.20. The van der Waals surface area contributed by atoms with E-state index in [0.29, 0.717) is 15.6 Å². The van der Waals surface area contributed by atoms with E-state index in [4.69, 9.17) is 34.7 Å². The van der Waals surface area contributed by atoms with Gasteiger partial charge in [-0.3, -0.25) is 4.79 Å². The standard InChI is InChI=1S/C9H9Cl2N3O/c10-6-2-1-5(7(11)4-6)3-8(15)14-9(12)13/h1-2,4H,3H2,(H4,12,13,14,15). The van der Waals surface area contributed by atoms with Crippen molar-refractivity contribution in [1.82, 2.24) is 0 Å². The minimum absolute atomic E-state index is 0.0495. The lowest BCUT2D eigenvalue weighted by Crippen LogP contribution is -2.24. The number of aliphatic imine (C=N–C) groups is 1. The van der Waals surface area contributed by atoms with Crippen LogP contribution in [-0.2, 0) is 11.2 Å². The molecule has 1 rings (SSSR count). The number of nitrogens with two attached hydrogens (primary N) is 2. The first-order valence-electron chi connectivity index (χ1n) is 4.05. The lowest BCUT2D eigenvalue weighted by atomic mass is 10.1. The molecule has 0 aliphatic heterocycles. The van der Waals surface area contributed by atoms with Gasteiger partial charge in [-0.05, 0) is 17.7 Å². The molecule has 0 bridgehead atoms. The Balaban J connectivity index is 2.82. The maximum absolute atomic E-state index is 11.2. The summed E-state index contributed by atoms with van der Waals surface area (Å²) >= 11 is 11.6. The molecule has 0 fully saturated rings. The molecule has 6 heteroatoms. The first-order chi connectivity index (χ1) is 6.99. The summed E-state index contributed by atoms with van der Waals surface area (Å²) in [7, 11) is 0. The average Bonchev–Trinajstić information content (AvgIpc) is 2.08. The summed E-state index contributed by atoms with van der Waals surface area (Å²) in [6.07, 6.45) is 0.0495. The van der Waals surface area contributed by atoms with E-state index in [0.717, 1.165) is 0 Å². The number of hydrogen-bond donors (Lipinski definition) is 2. The fourth-order valence-corrected chi connectivity index (χ4v) is 1.49. The van der Waals surface area contributed by atoms with Crippen LogP contribution in [0.3, 0.4) is 0 Å². The number of hydrogen-bond acceptors (Lipinski definition) is 1. The van der Waals surface area contributed by atoms with Crippen LogP contribution < -0.4 is 11.5 Å². The molecule has 0 saturated heterocycles. The smallest absolute Gasteiger partial charge is 0.253 e. The Labute approximate surface area is 96.9 Å². The molecule has 1 aromatic carbocycles. The molecule has 0 radical (unpaired) electrons. The predicted octanol–water partition coefficient (Wildman–Crippen LogP) is 1.34. The van der Waals surface area contributed by atoms with Crippen LogP contribution in [0.5, 0.6) is 0 Å². The van der Waals surface area contributed by atoms with Crippen molar-refractivity contribution in [2.45, 2.75) is 6.42 Å². The van der Waals surface area contributed by atoms with Crippen LogP contribution >= 0.6 is 23.2 Å². The first kappa shape index (κ1) is 11.8. The van der Waals surface area contributed by atoms with E-state index in [1.54, 1.807) is 18.2 Å². The minimum Gasteiger partial charge on any atom is -0.370 e. The fraction of sp³-hybridized carbons (Fsp3) is 0.111. The summed E-state index contributed by atoms with van der Waals surface area (Å²) in [5.41, 5.74) is 10.8. The van der Waals surface area contributed by atoms with Crippen molar-refractivity contribution < 1.29 is 4.79 Å². The SMILES string of the molecule is NC(N)=NC(=O)Cc1ccc(Cl)cc1Cl. The van der Waals surface area contributed by atoms with Crippen LogP contribution in [0.1, 0.15) is 5.56 Å². The first-order valence-corrected chi connectivity index (χ1v) is 4.81. The van der Waals surface area contributed by atoms with Crippen molar-refractivity contribution in [3.63, 3.8) is 0 Å². The molecule has 4 nitrogen and oxygen atoms in total. The summed E-state index contributed by atoms with van der Waals surface area (Å²) in [5, 5.41) is 0.930. The molecule has 0 unspecified atom stereocenters. The second kappa shape index (κ2) is 5.00. The van der Waals surface area contributed by atoms with Gasteiger partial charge in [0.25, 0.3) is 5.91 Å². The van der Waals surface area contributed by atoms with Crippen LogP contribution in [0.15, 0.2) is 23.2 Å². The Bertz CT molecular complexity index is 414. The van der Waals surface area contributed by atoms with Crippen molar-refractivity contribution in [3.8, 4) is 0 Å². The molecule has 0 heterocycles. The van der Waals surface area contributed by atoms with Crippen LogP contribution in [-0.4, -0.2) is 11.9 Å². The zero-order valence-electron chi connectivity index (χ0n) is 7.71. The van der Waals surface area contributed by atoms with E-state index in [1.807, 2.05) is 0 Å². The van der Waals surface area contributed by atoms with Gasteiger partial charge in [0.15, 0.2) is 5.96 Å². The Morgan fingerprint density at radius 3 is 2.53 bits per heavy atom. The summed E-state index contributed by atoms with van der Waals surface area (Å²) in [6.45, 7) is 0.